The molecule has 0 unspecified atom stereocenters. The van der Waals surface area contributed by atoms with Crippen molar-refractivity contribution in [3.05, 3.63) is 53.4 Å². The molecule has 0 radical (unpaired) electrons. The summed E-state index contributed by atoms with van der Waals surface area (Å²) < 4.78 is 26.2. The van der Waals surface area contributed by atoms with Crippen LogP contribution in [0.1, 0.15) is 11.1 Å². The van der Waals surface area contributed by atoms with Crippen LogP contribution in [0.2, 0.25) is 0 Å². The lowest BCUT2D eigenvalue weighted by Crippen LogP contribution is -2.39. The van der Waals surface area contributed by atoms with E-state index in [0.29, 0.717) is 19.5 Å². The Balaban J connectivity index is 1.53. The van der Waals surface area contributed by atoms with Gasteiger partial charge in [0.15, 0.2) is 17.3 Å². The van der Waals surface area contributed by atoms with Crippen molar-refractivity contribution < 1.29 is 13.6 Å². The monoisotopic (exact) mass is 329 g/mol. The van der Waals surface area contributed by atoms with Crippen LogP contribution in [0.25, 0.3) is 11.0 Å². The first kappa shape index (κ1) is 14.6. The minimum absolute atomic E-state index is 0.216. The third-order valence-electron chi connectivity index (χ3n) is 4.13. The third-order valence-corrected chi connectivity index (χ3v) is 4.13. The van der Waals surface area contributed by atoms with Crippen LogP contribution in [0, 0.1) is 11.6 Å². The van der Waals surface area contributed by atoms with Gasteiger partial charge in [-0.15, -0.1) is 0 Å². The molecule has 122 valence electrons. The van der Waals surface area contributed by atoms with Crippen LogP contribution < -0.4 is 5.32 Å². The Kier molecular flexibility index (Phi) is 3.37. The van der Waals surface area contributed by atoms with Crippen LogP contribution in [0.4, 0.5) is 19.3 Å². The lowest BCUT2D eigenvalue weighted by molar-refractivity contribution is 0.206. The lowest BCUT2D eigenvalue weighted by Gasteiger charge is -2.29. The number of anilines is 1. The van der Waals surface area contributed by atoms with E-state index < -0.39 is 11.6 Å². The van der Waals surface area contributed by atoms with Crippen LogP contribution in [0.3, 0.4) is 0 Å². The molecule has 2 aromatic heterocycles. The molecular formula is C16H13F2N5O. The highest BCUT2D eigenvalue weighted by molar-refractivity contribution is 5.90. The first-order valence-electron chi connectivity index (χ1n) is 7.42. The largest absolute Gasteiger partial charge is 0.322 e. The molecule has 3 aromatic rings. The minimum Gasteiger partial charge on any atom is -0.320 e. The fraction of sp³-hybridized carbons (Fsp3) is 0.188. The summed E-state index contributed by atoms with van der Waals surface area (Å²) in [7, 11) is 0. The summed E-state index contributed by atoms with van der Waals surface area (Å²) in [4.78, 5) is 18.2. The van der Waals surface area contributed by atoms with Crippen molar-refractivity contribution in [3.63, 3.8) is 0 Å². The van der Waals surface area contributed by atoms with E-state index in [1.165, 1.54) is 6.07 Å². The molecular weight excluding hydrogens is 316 g/mol. The zero-order valence-electron chi connectivity index (χ0n) is 12.5. The first-order chi connectivity index (χ1) is 11.6. The summed E-state index contributed by atoms with van der Waals surface area (Å²) in [5.41, 5.74) is 3.03. The van der Waals surface area contributed by atoms with Gasteiger partial charge in [-0.25, -0.2) is 18.6 Å². The summed E-state index contributed by atoms with van der Waals surface area (Å²) in [5.74, 6) is -1.95. The number of rotatable bonds is 1. The Bertz CT molecular complexity index is 939. The highest BCUT2D eigenvalue weighted by Gasteiger charge is 2.23. The highest BCUT2D eigenvalue weighted by Crippen LogP contribution is 2.25. The highest BCUT2D eigenvalue weighted by atomic mass is 19.2. The van der Waals surface area contributed by atoms with Gasteiger partial charge in [0.2, 0.25) is 0 Å². The molecule has 2 N–H and O–H groups in total. The number of urea groups is 1. The van der Waals surface area contributed by atoms with E-state index in [2.05, 4.69) is 20.5 Å². The Hall–Kier alpha value is -3.03. The van der Waals surface area contributed by atoms with Crippen LogP contribution in [-0.4, -0.2) is 32.7 Å². The van der Waals surface area contributed by atoms with E-state index in [4.69, 9.17) is 0 Å². The maximum Gasteiger partial charge on any atom is 0.322 e. The van der Waals surface area contributed by atoms with Gasteiger partial charge < -0.3 is 10.2 Å². The number of carbonyl (C=O) groups is 1. The van der Waals surface area contributed by atoms with Crippen molar-refractivity contribution in [2.75, 3.05) is 11.9 Å². The molecule has 3 heterocycles. The molecule has 1 aromatic carbocycles. The molecule has 0 saturated carbocycles. The van der Waals surface area contributed by atoms with E-state index in [9.17, 15) is 13.6 Å². The Morgan fingerprint density at radius 1 is 1.25 bits per heavy atom. The zero-order chi connectivity index (χ0) is 16.7. The number of benzene rings is 1. The molecule has 1 aliphatic heterocycles. The van der Waals surface area contributed by atoms with Crippen LogP contribution in [-0.2, 0) is 13.0 Å². The van der Waals surface area contributed by atoms with E-state index in [1.54, 1.807) is 17.3 Å². The summed E-state index contributed by atoms with van der Waals surface area (Å²) in [6.07, 6.45) is 4.14. The van der Waals surface area contributed by atoms with Crippen LogP contribution in [0.15, 0.2) is 30.6 Å². The number of halogens is 2. The van der Waals surface area contributed by atoms with Gasteiger partial charge in [0, 0.05) is 36.4 Å². The fourth-order valence-corrected chi connectivity index (χ4v) is 2.90. The Morgan fingerprint density at radius 2 is 2.12 bits per heavy atom. The van der Waals surface area contributed by atoms with E-state index >= 15 is 0 Å². The average Bonchev–Trinajstić information content (AvgIpc) is 3.06. The number of nitrogens with zero attached hydrogens (tertiary/aromatic N) is 3. The molecule has 24 heavy (non-hydrogen) atoms. The molecule has 0 spiro atoms. The van der Waals surface area contributed by atoms with E-state index in [-0.39, 0.29) is 11.7 Å². The zero-order valence-corrected chi connectivity index (χ0v) is 12.5. The molecule has 0 fully saturated rings. The summed E-state index contributed by atoms with van der Waals surface area (Å²) >= 11 is 0. The fourth-order valence-electron chi connectivity index (χ4n) is 2.90. The normalized spacial score (nSPS) is 13.8. The van der Waals surface area contributed by atoms with Crippen molar-refractivity contribution in [1.82, 2.24) is 20.1 Å². The SMILES string of the molecule is O=C(Nc1ccc(F)c(F)c1)N1CCc2c(cnc3[nH]ncc23)C1. The number of carbonyl (C=O) groups excluding carboxylic acids is 1. The number of amides is 2. The Labute approximate surface area is 135 Å². The average molecular weight is 329 g/mol. The number of nitrogens with one attached hydrogen (secondary N) is 2. The second kappa shape index (κ2) is 5.55. The maximum atomic E-state index is 13.2. The summed E-state index contributed by atoms with van der Waals surface area (Å²) in [5, 5.41) is 10.4. The second-order valence-corrected chi connectivity index (χ2v) is 5.62. The van der Waals surface area contributed by atoms with E-state index in [0.717, 1.165) is 34.3 Å². The van der Waals surface area contributed by atoms with Crippen molar-refractivity contribution in [1.29, 1.82) is 0 Å². The number of aromatic amines is 1. The number of hydrogen-bond donors (Lipinski definition) is 2. The molecule has 0 aliphatic carbocycles. The summed E-state index contributed by atoms with van der Waals surface area (Å²) in [6.45, 7) is 0.922. The van der Waals surface area contributed by atoms with Crippen molar-refractivity contribution in [2.45, 2.75) is 13.0 Å². The number of aromatic nitrogens is 3. The van der Waals surface area contributed by atoms with Gasteiger partial charge >= 0.3 is 6.03 Å². The first-order valence-corrected chi connectivity index (χ1v) is 7.42. The van der Waals surface area contributed by atoms with Crippen molar-refractivity contribution in [3.8, 4) is 0 Å². The minimum atomic E-state index is -0.997. The molecule has 0 saturated heterocycles. The Morgan fingerprint density at radius 3 is 2.96 bits per heavy atom. The molecule has 8 heteroatoms. The van der Waals surface area contributed by atoms with Gasteiger partial charge in [0.05, 0.1) is 6.20 Å². The quantitative estimate of drug-likeness (QED) is 0.721. The van der Waals surface area contributed by atoms with Crippen LogP contribution in [0.5, 0.6) is 0 Å². The number of fused-ring (bicyclic) bond motifs is 3. The van der Waals surface area contributed by atoms with Gasteiger partial charge in [-0.1, -0.05) is 0 Å². The van der Waals surface area contributed by atoms with Gasteiger partial charge in [0.25, 0.3) is 0 Å². The van der Waals surface area contributed by atoms with Crippen molar-refractivity contribution in [2.24, 2.45) is 0 Å². The molecule has 2 amide bonds. The number of hydrogen-bond acceptors (Lipinski definition) is 3. The van der Waals surface area contributed by atoms with Crippen LogP contribution >= 0.6 is 0 Å². The van der Waals surface area contributed by atoms with Gasteiger partial charge in [-0.2, -0.15) is 5.10 Å². The predicted octanol–water partition coefficient (Wildman–Crippen LogP) is 2.83. The van der Waals surface area contributed by atoms with Gasteiger partial charge in [-0.05, 0) is 29.7 Å². The maximum absolute atomic E-state index is 13.2. The standard InChI is InChI=1S/C16H13F2N5O/c17-13-2-1-10(5-14(13)18)21-16(24)23-4-3-11-9(8-23)6-19-15-12(11)7-20-22-15/h1-2,5-7H,3-4,8H2,(H,21,24)(H,19,20,22). The van der Waals surface area contributed by atoms with Gasteiger partial charge in [0.1, 0.15) is 0 Å². The second-order valence-electron chi connectivity index (χ2n) is 5.62. The van der Waals surface area contributed by atoms with E-state index in [1.807, 2.05) is 0 Å². The lowest BCUT2D eigenvalue weighted by atomic mass is 9.99. The number of pyridine rings is 1. The topological polar surface area (TPSA) is 73.9 Å². The summed E-state index contributed by atoms with van der Waals surface area (Å²) in [6, 6.07) is 2.90. The third kappa shape index (κ3) is 2.45. The molecule has 0 bridgehead atoms. The molecule has 4 rings (SSSR count). The van der Waals surface area contributed by atoms with Gasteiger partial charge in [-0.3, -0.25) is 5.10 Å². The molecule has 0 atom stereocenters. The molecule has 6 nitrogen and oxygen atoms in total. The number of H-pyrrole nitrogens is 1. The smallest absolute Gasteiger partial charge is 0.320 e. The predicted molar refractivity (Wildman–Crippen MR) is 83.4 cm³/mol. The van der Waals surface area contributed by atoms with Crippen molar-refractivity contribution >= 4 is 22.8 Å². The molecule has 1 aliphatic rings.